The number of nitrogens with zero attached hydrogens (tertiary/aromatic N) is 3. The van der Waals surface area contributed by atoms with Crippen molar-refractivity contribution in [2.75, 3.05) is 67.1 Å². The van der Waals surface area contributed by atoms with Gasteiger partial charge < -0.3 is 20.3 Å². The molecule has 1 saturated carbocycles. The normalized spacial score (nSPS) is 21.7. The smallest absolute Gasteiger partial charge is 0.191 e. The molecule has 0 spiro atoms. The Morgan fingerprint density at radius 2 is 1.84 bits per heavy atom. The second-order valence-corrected chi connectivity index (χ2v) is 7.26. The molecule has 0 aromatic rings. The number of nitrogens with one attached hydrogen (secondary N) is 2. The van der Waals surface area contributed by atoms with Crippen molar-refractivity contribution in [1.29, 1.82) is 0 Å². The van der Waals surface area contributed by atoms with Gasteiger partial charge in [0, 0.05) is 45.8 Å². The zero-order valence-electron chi connectivity index (χ0n) is 16.3. The minimum atomic E-state index is 0. The van der Waals surface area contributed by atoms with Gasteiger partial charge >= 0.3 is 0 Å². The fraction of sp³-hybridized carbons (Fsp3) is 0.944. The van der Waals surface area contributed by atoms with E-state index in [2.05, 4.69) is 39.5 Å². The van der Waals surface area contributed by atoms with Gasteiger partial charge in [-0.25, -0.2) is 0 Å². The van der Waals surface area contributed by atoms with Gasteiger partial charge in [0.1, 0.15) is 0 Å². The van der Waals surface area contributed by atoms with Crippen LogP contribution in [0, 0.1) is 5.92 Å². The van der Waals surface area contributed by atoms with Crippen LogP contribution < -0.4 is 10.6 Å². The molecule has 0 radical (unpaired) electrons. The molecular weight excluding hydrogens is 429 g/mol. The first-order valence-electron chi connectivity index (χ1n) is 9.61. The molecule has 0 aromatic heterocycles. The van der Waals surface area contributed by atoms with Gasteiger partial charge in [0.25, 0.3) is 0 Å². The van der Waals surface area contributed by atoms with E-state index in [0.717, 1.165) is 57.8 Å². The van der Waals surface area contributed by atoms with Gasteiger partial charge in [-0.05, 0) is 32.9 Å². The van der Waals surface area contributed by atoms with Gasteiger partial charge in [0.15, 0.2) is 5.96 Å². The number of hydrogen-bond acceptors (Lipinski definition) is 4. The van der Waals surface area contributed by atoms with E-state index >= 15 is 0 Å². The third-order valence-electron chi connectivity index (χ3n) is 5.38. The third-order valence-corrected chi connectivity index (χ3v) is 5.38. The van der Waals surface area contributed by atoms with Crippen molar-refractivity contribution in [1.82, 2.24) is 20.4 Å². The van der Waals surface area contributed by atoms with Gasteiger partial charge in [0.2, 0.25) is 0 Å². The van der Waals surface area contributed by atoms with Crippen LogP contribution in [0.15, 0.2) is 4.99 Å². The summed E-state index contributed by atoms with van der Waals surface area (Å²) in [5, 5.41) is 6.99. The van der Waals surface area contributed by atoms with Crippen LogP contribution in [0.4, 0.5) is 0 Å². The van der Waals surface area contributed by atoms with Crippen molar-refractivity contribution in [2.24, 2.45) is 10.9 Å². The third kappa shape index (κ3) is 8.41. The summed E-state index contributed by atoms with van der Waals surface area (Å²) in [6.45, 7) is 6.74. The molecule has 2 rings (SSSR count). The number of likely N-dealkylation sites (N-methyl/N-ethyl adjacent to an activating group) is 1. The monoisotopic (exact) mass is 467 g/mol. The molecule has 6 nitrogen and oxygen atoms in total. The van der Waals surface area contributed by atoms with E-state index in [1.54, 1.807) is 0 Å². The Morgan fingerprint density at radius 3 is 2.44 bits per heavy atom. The minimum absolute atomic E-state index is 0. The van der Waals surface area contributed by atoms with Crippen LogP contribution >= 0.6 is 24.0 Å². The van der Waals surface area contributed by atoms with Crippen molar-refractivity contribution in [3.63, 3.8) is 0 Å². The molecule has 0 aromatic carbocycles. The Labute approximate surface area is 171 Å². The highest BCUT2D eigenvalue weighted by Gasteiger charge is 2.25. The highest BCUT2D eigenvalue weighted by atomic mass is 127. The van der Waals surface area contributed by atoms with E-state index in [9.17, 15) is 0 Å². The Hall–Kier alpha value is -0.120. The fourth-order valence-corrected chi connectivity index (χ4v) is 3.87. The van der Waals surface area contributed by atoms with Crippen molar-refractivity contribution < 1.29 is 4.74 Å². The number of aliphatic imine (C=N–C) groups is 1. The second-order valence-electron chi connectivity index (χ2n) is 7.26. The van der Waals surface area contributed by atoms with Gasteiger partial charge in [-0.3, -0.25) is 9.89 Å². The molecule has 7 heteroatoms. The van der Waals surface area contributed by atoms with Crippen LogP contribution in [0.25, 0.3) is 0 Å². The highest BCUT2D eigenvalue weighted by Crippen LogP contribution is 2.27. The maximum Gasteiger partial charge on any atom is 0.191 e. The van der Waals surface area contributed by atoms with Gasteiger partial charge in [-0.2, -0.15) is 0 Å². The molecule has 0 bridgehead atoms. The molecule has 1 aliphatic heterocycles. The Balaban J connectivity index is 0.00000312. The Morgan fingerprint density at radius 1 is 1.16 bits per heavy atom. The lowest BCUT2D eigenvalue weighted by atomic mass is 9.83. The van der Waals surface area contributed by atoms with Gasteiger partial charge in [-0.1, -0.05) is 19.3 Å². The van der Waals surface area contributed by atoms with Crippen molar-refractivity contribution in [3.8, 4) is 0 Å². The zero-order chi connectivity index (χ0) is 17.2. The predicted octanol–water partition coefficient (Wildman–Crippen LogP) is 1.61. The summed E-state index contributed by atoms with van der Waals surface area (Å²) in [7, 11) is 6.26. The lowest BCUT2D eigenvalue weighted by molar-refractivity contribution is 0.0389. The Kier molecular flexibility index (Phi) is 12.0. The summed E-state index contributed by atoms with van der Waals surface area (Å²) in [5.74, 6) is 1.73. The van der Waals surface area contributed by atoms with E-state index in [1.165, 1.54) is 32.1 Å². The molecule has 2 N–H and O–H groups in total. The lowest BCUT2D eigenvalue weighted by Gasteiger charge is -2.35. The van der Waals surface area contributed by atoms with Crippen LogP contribution in [0.3, 0.4) is 0 Å². The maximum atomic E-state index is 5.39. The van der Waals surface area contributed by atoms with Crippen LogP contribution in [-0.4, -0.2) is 88.9 Å². The summed E-state index contributed by atoms with van der Waals surface area (Å²) in [4.78, 5) is 9.20. The molecule has 1 unspecified atom stereocenters. The summed E-state index contributed by atoms with van der Waals surface area (Å²) in [6.07, 6.45) is 6.93. The largest absolute Gasteiger partial charge is 0.379 e. The zero-order valence-corrected chi connectivity index (χ0v) is 18.6. The summed E-state index contributed by atoms with van der Waals surface area (Å²) < 4.78 is 5.39. The van der Waals surface area contributed by atoms with Gasteiger partial charge in [0.05, 0.1) is 13.2 Å². The van der Waals surface area contributed by atoms with Crippen molar-refractivity contribution >= 4 is 29.9 Å². The average molecular weight is 467 g/mol. The van der Waals surface area contributed by atoms with E-state index in [4.69, 9.17) is 4.74 Å². The summed E-state index contributed by atoms with van der Waals surface area (Å²) >= 11 is 0. The van der Waals surface area contributed by atoms with E-state index < -0.39 is 0 Å². The second kappa shape index (κ2) is 13.1. The number of halogens is 1. The first-order valence-corrected chi connectivity index (χ1v) is 9.61. The molecule has 1 atom stereocenters. The van der Waals surface area contributed by atoms with E-state index in [-0.39, 0.29) is 24.0 Å². The molecule has 1 heterocycles. The predicted molar refractivity (Wildman–Crippen MR) is 116 cm³/mol. The van der Waals surface area contributed by atoms with Crippen LogP contribution in [0.5, 0.6) is 0 Å². The topological polar surface area (TPSA) is 52.1 Å². The van der Waals surface area contributed by atoms with Crippen LogP contribution in [0.2, 0.25) is 0 Å². The molecule has 2 fully saturated rings. The molecule has 2 aliphatic rings. The number of hydrogen-bond donors (Lipinski definition) is 2. The molecular formula is C18H38IN5O. The maximum absolute atomic E-state index is 5.39. The fourth-order valence-electron chi connectivity index (χ4n) is 3.87. The molecule has 0 amide bonds. The average Bonchev–Trinajstić information content (AvgIpc) is 2.62. The molecule has 148 valence electrons. The van der Waals surface area contributed by atoms with Crippen molar-refractivity contribution in [3.05, 3.63) is 0 Å². The first-order chi connectivity index (χ1) is 11.7. The lowest BCUT2D eigenvalue weighted by Crippen LogP contribution is -2.49. The molecule has 1 saturated heterocycles. The van der Waals surface area contributed by atoms with E-state index in [0.29, 0.717) is 6.04 Å². The number of morpholine rings is 1. The number of rotatable bonds is 7. The number of ether oxygens (including phenoxy) is 1. The molecule has 25 heavy (non-hydrogen) atoms. The summed E-state index contributed by atoms with van der Waals surface area (Å²) in [6, 6.07) is 0.586. The van der Waals surface area contributed by atoms with Crippen LogP contribution in [0.1, 0.15) is 32.1 Å². The van der Waals surface area contributed by atoms with E-state index in [1.807, 2.05) is 7.05 Å². The first kappa shape index (κ1) is 22.9. The standard InChI is InChI=1S/C18H37N5O.HI/c1-19-18(20-9-10-23-11-13-24-14-12-23)21-15-17(22(2)3)16-7-5-4-6-8-16;/h16-17H,4-15H2,1-3H3,(H2,19,20,21);1H. The molecule has 1 aliphatic carbocycles. The van der Waals surface area contributed by atoms with Gasteiger partial charge in [-0.15, -0.1) is 24.0 Å². The minimum Gasteiger partial charge on any atom is -0.379 e. The quantitative estimate of drug-likeness (QED) is 0.339. The van der Waals surface area contributed by atoms with Crippen LogP contribution in [-0.2, 0) is 4.74 Å². The SMILES string of the molecule is CN=C(NCCN1CCOCC1)NCC(C1CCCCC1)N(C)C.I. The Bertz CT molecular complexity index is 368. The number of guanidine groups is 1. The van der Waals surface area contributed by atoms with Crippen molar-refractivity contribution in [2.45, 2.75) is 38.1 Å². The summed E-state index contributed by atoms with van der Waals surface area (Å²) in [5.41, 5.74) is 0. The highest BCUT2D eigenvalue weighted by molar-refractivity contribution is 14.0.